The van der Waals surface area contributed by atoms with E-state index in [1.54, 1.807) is 0 Å². The third-order valence-electron chi connectivity index (χ3n) is 3.75. The molecule has 0 radical (unpaired) electrons. The van der Waals surface area contributed by atoms with Gasteiger partial charge in [0.1, 0.15) is 0 Å². The molecule has 2 aliphatic heterocycles. The van der Waals surface area contributed by atoms with E-state index in [0.29, 0.717) is 0 Å². The second kappa shape index (κ2) is 5.55. The van der Waals surface area contributed by atoms with Gasteiger partial charge in [0.25, 0.3) is 0 Å². The molecule has 2 aliphatic rings. The summed E-state index contributed by atoms with van der Waals surface area (Å²) in [4.78, 5) is 0. The van der Waals surface area contributed by atoms with Crippen molar-refractivity contribution in [2.75, 3.05) is 11.5 Å². The van der Waals surface area contributed by atoms with Crippen molar-refractivity contribution in [2.45, 2.75) is 64.1 Å². The molecule has 0 amide bonds. The second-order valence-electron chi connectivity index (χ2n) is 5.05. The van der Waals surface area contributed by atoms with E-state index in [-0.39, 0.29) is 0 Å². The summed E-state index contributed by atoms with van der Waals surface area (Å²) in [7, 11) is 0. The topological polar surface area (TPSA) is 15.3 Å². The summed E-state index contributed by atoms with van der Waals surface area (Å²) in [6.07, 6.45) is 6.82. The van der Waals surface area contributed by atoms with E-state index in [4.69, 9.17) is 0 Å². The monoisotopic (exact) mass is 228 g/mol. The molecule has 0 aromatic carbocycles. The third kappa shape index (κ3) is 3.11. The molecule has 2 unspecified atom stereocenters. The van der Waals surface area contributed by atoms with E-state index < -0.39 is 0 Å². The van der Waals surface area contributed by atoms with E-state index >= 15 is 0 Å². The van der Waals surface area contributed by atoms with Gasteiger partial charge in [-0.3, -0.25) is 5.43 Å². The van der Waals surface area contributed by atoms with Gasteiger partial charge in [-0.1, -0.05) is 6.42 Å². The summed E-state index contributed by atoms with van der Waals surface area (Å²) >= 11 is 2.10. The van der Waals surface area contributed by atoms with Crippen molar-refractivity contribution in [3.05, 3.63) is 0 Å². The predicted molar refractivity (Wildman–Crippen MR) is 68.1 cm³/mol. The van der Waals surface area contributed by atoms with Gasteiger partial charge in [0.15, 0.2) is 0 Å². The van der Waals surface area contributed by atoms with E-state index in [2.05, 4.69) is 36.0 Å². The minimum absolute atomic E-state index is 0.725. The molecule has 0 bridgehead atoms. The summed E-state index contributed by atoms with van der Waals surface area (Å²) in [6, 6.07) is 2.20. The van der Waals surface area contributed by atoms with Crippen LogP contribution in [0, 0.1) is 0 Å². The van der Waals surface area contributed by atoms with E-state index in [1.807, 2.05) is 0 Å². The van der Waals surface area contributed by atoms with Crippen LogP contribution in [0.3, 0.4) is 0 Å². The molecule has 0 aromatic rings. The highest BCUT2D eigenvalue weighted by atomic mass is 32.2. The van der Waals surface area contributed by atoms with Gasteiger partial charge in [-0.2, -0.15) is 11.8 Å². The SMILES string of the molecule is CC1CCCC(C)N1NC1CCSCC1. The van der Waals surface area contributed by atoms with Gasteiger partial charge >= 0.3 is 0 Å². The maximum atomic E-state index is 3.78. The lowest BCUT2D eigenvalue weighted by Crippen LogP contribution is -2.56. The zero-order chi connectivity index (χ0) is 10.7. The molecule has 0 spiro atoms. The van der Waals surface area contributed by atoms with Crippen LogP contribution in [-0.2, 0) is 0 Å². The Bertz CT molecular complexity index is 182. The lowest BCUT2D eigenvalue weighted by Gasteiger charge is -2.42. The van der Waals surface area contributed by atoms with Crippen LogP contribution in [0.2, 0.25) is 0 Å². The van der Waals surface area contributed by atoms with Crippen LogP contribution in [0.5, 0.6) is 0 Å². The Morgan fingerprint density at radius 2 is 1.60 bits per heavy atom. The number of nitrogens with zero attached hydrogens (tertiary/aromatic N) is 1. The van der Waals surface area contributed by atoms with Gasteiger partial charge in [-0.15, -0.1) is 0 Å². The molecule has 2 fully saturated rings. The van der Waals surface area contributed by atoms with Crippen molar-refractivity contribution in [1.29, 1.82) is 0 Å². The number of hydrazine groups is 1. The Balaban J connectivity index is 1.84. The number of hydrogen-bond acceptors (Lipinski definition) is 3. The number of thioether (sulfide) groups is 1. The van der Waals surface area contributed by atoms with Gasteiger partial charge in [0.2, 0.25) is 0 Å². The number of rotatable bonds is 2. The zero-order valence-electron chi connectivity index (χ0n) is 10.0. The highest BCUT2D eigenvalue weighted by Crippen LogP contribution is 2.23. The molecule has 88 valence electrons. The fraction of sp³-hybridized carbons (Fsp3) is 1.00. The molecule has 15 heavy (non-hydrogen) atoms. The van der Waals surface area contributed by atoms with Gasteiger partial charge in [0.05, 0.1) is 0 Å². The van der Waals surface area contributed by atoms with Crippen molar-refractivity contribution in [3.63, 3.8) is 0 Å². The Morgan fingerprint density at radius 1 is 1.00 bits per heavy atom. The Hall–Kier alpha value is 0.270. The molecule has 2 atom stereocenters. The van der Waals surface area contributed by atoms with E-state index in [1.165, 1.54) is 43.6 Å². The Kier molecular flexibility index (Phi) is 4.35. The van der Waals surface area contributed by atoms with Crippen LogP contribution >= 0.6 is 11.8 Å². The molecule has 2 saturated heterocycles. The fourth-order valence-corrected chi connectivity index (χ4v) is 3.82. The van der Waals surface area contributed by atoms with Crippen LogP contribution in [0.15, 0.2) is 0 Å². The molecule has 1 N–H and O–H groups in total. The molecular formula is C12H24N2S. The molecule has 2 rings (SSSR count). The molecule has 0 aliphatic carbocycles. The molecule has 2 heterocycles. The summed E-state index contributed by atoms with van der Waals surface area (Å²) in [5.41, 5.74) is 3.78. The van der Waals surface area contributed by atoms with Gasteiger partial charge in [0, 0.05) is 18.1 Å². The largest absolute Gasteiger partial charge is 0.252 e. The quantitative estimate of drug-likeness (QED) is 0.782. The summed E-state index contributed by atoms with van der Waals surface area (Å²) in [6.45, 7) is 4.72. The summed E-state index contributed by atoms with van der Waals surface area (Å²) < 4.78 is 0. The van der Waals surface area contributed by atoms with Crippen LogP contribution in [-0.4, -0.2) is 34.6 Å². The summed E-state index contributed by atoms with van der Waals surface area (Å²) in [5, 5.41) is 2.53. The lowest BCUT2D eigenvalue weighted by atomic mass is 9.99. The first kappa shape index (κ1) is 11.7. The number of piperidine rings is 1. The highest BCUT2D eigenvalue weighted by Gasteiger charge is 2.27. The van der Waals surface area contributed by atoms with Gasteiger partial charge < -0.3 is 0 Å². The van der Waals surface area contributed by atoms with Crippen molar-refractivity contribution in [2.24, 2.45) is 0 Å². The maximum absolute atomic E-state index is 3.78. The van der Waals surface area contributed by atoms with Crippen molar-refractivity contribution in [3.8, 4) is 0 Å². The first-order valence-corrected chi connectivity index (χ1v) is 7.55. The third-order valence-corrected chi connectivity index (χ3v) is 4.80. The molecule has 3 heteroatoms. The van der Waals surface area contributed by atoms with E-state index in [9.17, 15) is 0 Å². The molecule has 0 saturated carbocycles. The van der Waals surface area contributed by atoms with Gasteiger partial charge in [-0.05, 0) is 51.0 Å². The first-order valence-electron chi connectivity index (χ1n) is 6.39. The van der Waals surface area contributed by atoms with Crippen LogP contribution < -0.4 is 5.43 Å². The smallest absolute Gasteiger partial charge is 0.0231 e. The van der Waals surface area contributed by atoms with Crippen LogP contribution in [0.1, 0.15) is 46.0 Å². The van der Waals surface area contributed by atoms with Crippen molar-refractivity contribution in [1.82, 2.24) is 10.4 Å². The first-order chi connectivity index (χ1) is 7.27. The second-order valence-corrected chi connectivity index (χ2v) is 6.28. The molecule has 0 aromatic heterocycles. The highest BCUT2D eigenvalue weighted by molar-refractivity contribution is 7.99. The predicted octanol–water partition coefficient (Wildman–Crippen LogP) is 2.65. The Labute approximate surface area is 98.1 Å². The number of hydrogen-bond donors (Lipinski definition) is 1. The fourth-order valence-electron chi connectivity index (χ4n) is 2.71. The summed E-state index contributed by atoms with van der Waals surface area (Å²) in [5.74, 6) is 2.68. The normalized spacial score (nSPS) is 35.6. The van der Waals surface area contributed by atoms with Crippen LogP contribution in [0.25, 0.3) is 0 Å². The number of nitrogens with one attached hydrogen (secondary N) is 1. The van der Waals surface area contributed by atoms with Crippen LogP contribution in [0.4, 0.5) is 0 Å². The van der Waals surface area contributed by atoms with Gasteiger partial charge in [-0.25, -0.2) is 5.01 Å². The molecular weight excluding hydrogens is 204 g/mol. The van der Waals surface area contributed by atoms with Crippen molar-refractivity contribution < 1.29 is 0 Å². The van der Waals surface area contributed by atoms with E-state index in [0.717, 1.165) is 18.1 Å². The minimum Gasteiger partial charge on any atom is -0.252 e. The average Bonchev–Trinajstić information content (AvgIpc) is 2.25. The molecule has 2 nitrogen and oxygen atoms in total. The average molecular weight is 228 g/mol. The standard InChI is InChI=1S/C12H24N2S/c1-10-4-3-5-11(2)14(10)13-12-6-8-15-9-7-12/h10-13H,3-9H2,1-2H3. The lowest BCUT2D eigenvalue weighted by molar-refractivity contribution is 0.0280. The van der Waals surface area contributed by atoms with Crippen molar-refractivity contribution >= 4 is 11.8 Å². The zero-order valence-corrected chi connectivity index (χ0v) is 10.9. The minimum atomic E-state index is 0.725. The Morgan fingerprint density at radius 3 is 2.20 bits per heavy atom. The maximum Gasteiger partial charge on any atom is 0.0231 e.